The second-order valence-corrected chi connectivity index (χ2v) is 5.33. The van der Waals surface area contributed by atoms with Crippen molar-refractivity contribution in [2.24, 2.45) is 0 Å². The maximum Gasteiger partial charge on any atom is 0.514 e. The first-order valence-corrected chi connectivity index (χ1v) is 6.44. The van der Waals surface area contributed by atoms with Crippen LogP contribution in [0.2, 0.25) is 0 Å². The van der Waals surface area contributed by atoms with E-state index in [9.17, 15) is 4.79 Å². The minimum absolute atomic E-state index is 0.210. The molecule has 6 nitrogen and oxygen atoms in total. The zero-order valence-corrected chi connectivity index (χ0v) is 13.5. The predicted molar refractivity (Wildman–Crippen MR) is 77.7 cm³/mol. The first-order chi connectivity index (χ1) is 9.73. The van der Waals surface area contributed by atoms with E-state index in [-0.39, 0.29) is 5.75 Å². The molecule has 0 aliphatic carbocycles. The highest BCUT2D eigenvalue weighted by Crippen LogP contribution is 2.44. The van der Waals surface area contributed by atoms with Gasteiger partial charge in [0.05, 0.1) is 21.3 Å². The van der Waals surface area contributed by atoms with Crippen LogP contribution < -0.4 is 18.9 Å². The summed E-state index contributed by atoms with van der Waals surface area (Å²) in [5, 5.41) is 0. The molecule has 1 rings (SSSR count). The molecule has 0 fully saturated rings. The molecule has 0 N–H and O–H groups in total. The molecule has 0 atom stereocenters. The van der Waals surface area contributed by atoms with E-state index < -0.39 is 11.8 Å². The Bertz CT molecular complexity index is 516. The SMILES string of the molecule is COc1cc(OC(=O)OC(C)(C)C)c(OC)c(C)c1OC. The predicted octanol–water partition coefficient (Wildman–Crippen LogP) is 3.33. The number of benzene rings is 1. The Morgan fingerprint density at radius 1 is 0.952 bits per heavy atom. The maximum absolute atomic E-state index is 11.8. The molecule has 0 radical (unpaired) electrons. The van der Waals surface area contributed by atoms with Gasteiger partial charge in [0.25, 0.3) is 0 Å². The molecular weight excluding hydrogens is 276 g/mol. The number of rotatable bonds is 4. The Morgan fingerprint density at radius 3 is 1.90 bits per heavy atom. The lowest BCUT2D eigenvalue weighted by Crippen LogP contribution is -2.26. The summed E-state index contributed by atoms with van der Waals surface area (Å²) >= 11 is 0. The van der Waals surface area contributed by atoms with E-state index in [1.807, 2.05) is 0 Å². The summed E-state index contributed by atoms with van der Waals surface area (Å²) in [6, 6.07) is 1.52. The zero-order valence-electron chi connectivity index (χ0n) is 13.5. The van der Waals surface area contributed by atoms with Crippen molar-refractivity contribution in [3.63, 3.8) is 0 Å². The normalized spacial score (nSPS) is 10.8. The van der Waals surface area contributed by atoms with Gasteiger partial charge in [-0.3, -0.25) is 0 Å². The van der Waals surface area contributed by atoms with Crippen molar-refractivity contribution < 1.29 is 28.5 Å². The van der Waals surface area contributed by atoms with Crippen LogP contribution >= 0.6 is 0 Å². The Morgan fingerprint density at radius 2 is 1.48 bits per heavy atom. The minimum Gasteiger partial charge on any atom is -0.493 e. The fourth-order valence-electron chi connectivity index (χ4n) is 1.82. The summed E-state index contributed by atoms with van der Waals surface area (Å²) in [7, 11) is 4.51. The standard InChI is InChI=1S/C15H22O6/c1-9-12(18-6)10(17-5)8-11(13(9)19-7)20-14(16)21-15(2,3)4/h8H,1-7H3. The third-order valence-corrected chi connectivity index (χ3v) is 2.60. The van der Waals surface area contributed by atoms with Crippen LogP contribution in [-0.2, 0) is 4.74 Å². The van der Waals surface area contributed by atoms with Gasteiger partial charge >= 0.3 is 6.16 Å². The van der Waals surface area contributed by atoms with Crippen LogP contribution in [0.5, 0.6) is 23.0 Å². The van der Waals surface area contributed by atoms with Gasteiger partial charge < -0.3 is 23.7 Å². The van der Waals surface area contributed by atoms with Crippen LogP contribution in [0.1, 0.15) is 26.3 Å². The van der Waals surface area contributed by atoms with E-state index in [0.29, 0.717) is 22.8 Å². The molecule has 0 aromatic heterocycles. The number of ether oxygens (including phenoxy) is 5. The maximum atomic E-state index is 11.8. The van der Waals surface area contributed by atoms with Gasteiger partial charge in [-0.25, -0.2) is 4.79 Å². The highest BCUT2D eigenvalue weighted by Gasteiger charge is 2.23. The molecule has 1 aromatic rings. The van der Waals surface area contributed by atoms with E-state index in [1.165, 1.54) is 27.4 Å². The molecule has 118 valence electrons. The highest BCUT2D eigenvalue weighted by molar-refractivity contribution is 5.69. The summed E-state index contributed by atoms with van der Waals surface area (Å²) in [4.78, 5) is 11.8. The Labute approximate surface area is 124 Å². The smallest absolute Gasteiger partial charge is 0.493 e. The van der Waals surface area contributed by atoms with Crippen molar-refractivity contribution in [3.8, 4) is 23.0 Å². The summed E-state index contributed by atoms with van der Waals surface area (Å²) in [6.07, 6.45) is -0.813. The summed E-state index contributed by atoms with van der Waals surface area (Å²) in [5.74, 6) is 1.56. The van der Waals surface area contributed by atoms with Gasteiger partial charge in [-0.1, -0.05) is 0 Å². The van der Waals surface area contributed by atoms with E-state index in [4.69, 9.17) is 23.7 Å². The third-order valence-electron chi connectivity index (χ3n) is 2.60. The van der Waals surface area contributed by atoms with Gasteiger partial charge in [-0.05, 0) is 27.7 Å². The molecule has 1 aromatic carbocycles. The van der Waals surface area contributed by atoms with Crippen molar-refractivity contribution in [2.45, 2.75) is 33.3 Å². The molecule has 0 bridgehead atoms. The minimum atomic E-state index is -0.813. The van der Waals surface area contributed by atoms with Crippen LogP contribution in [0, 0.1) is 6.92 Å². The molecule has 0 amide bonds. The second kappa shape index (κ2) is 6.56. The first kappa shape index (κ1) is 16.9. The van der Waals surface area contributed by atoms with Gasteiger partial charge in [0.15, 0.2) is 23.0 Å². The van der Waals surface area contributed by atoms with Gasteiger partial charge in [0.1, 0.15) is 5.60 Å². The van der Waals surface area contributed by atoms with E-state index in [0.717, 1.165) is 0 Å². The summed E-state index contributed by atoms with van der Waals surface area (Å²) in [5.41, 5.74) is 0.0218. The number of hydrogen-bond acceptors (Lipinski definition) is 6. The monoisotopic (exact) mass is 298 g/mol. The fraction of sp³-hybridized carbons (Fsp3) is 0.533. The van der Waals surface area contributed by atoms with Crippen LogP contribution in [-0.4, -0.2) is 33.1 Å². The van der Waals surface area contributed by atoms with Gasteiger partial charge in [0.2, 0.25) is 0 Å². The number of carbonyl (C=O) groups excluding carboxylic acids is 1. The van der Waals surface area contributed by atoms with Crippen molar-refractivity contribution in [3.05, 3.63) is 11.6 Å². The fourth-order valence-corrected chi connectivity index (χ4v) is 1.82. The lowest BCUT2D eigenvalue weighted by Gasteiger charge is -2.20. The molecule has 0 heterocycles. The largest absolute Gasteiger partial charge is 0.514 e. The quantitative estimate of drug-likeness (QED) is 0.627. The number of methoxy groups -OCH3 is 3. The highest BCUT2D eigenvalue weighted by atomic mass is 16.7. The van der Waals surface area contributed by atoms with Crippen molar-refractivity contribution in [2.75, 3.05) is 21.3 Å². The molecule has 21 heavy (non-hydrogen) atoms. The molecule has 6 heteroatoms. The Hall–Kier alpha value is -2.11. The average molecular weight is 298 g/mol. The summed E-state index contributed by atoms with van der Waals surface area (Å²) in [6.45, 7) is 7.05. The lowest BCUT2D eigenvalue weighted by atomic mass is 10.1. The van der Waals surface area contributed by atoms with E-state index in [1.54, 1.807) is 27.7 Å². The van der Waals surface area contributed by atoms with Gasteiger partial charge in [-0.15, -0.1) is 0 Å². The average Bonchev–Trinajstić information content (AvgIpc) is 2.36. The van der Waals surface area contributed by atoms with Crippen LogP contribution in [0.3, 0.4) is 0 Å². The molecular formula is C15H22O6. The summed E-state index contributed by atoms with van der Waals surface area (Å²) < 4.78 is 26.1. The zero-order chi connectivity index (χ0) is 16.2. The number of hydrogen-bond donors (Lipinski definition) is 0. The van der Waals surface area contributed by atoms with Crippen LogP contribution in [0.15, 0.2) is 6.07 Å². The Kier molecular flexibility index (Phi) is 5.29. The van der Waals surface area contributed by atoms with Crippen molar-refractivity contribution >= 4 is 6.16 Å². The molecule has 0 saturated heterocycles. The van der Waals surface area contributed by atoms with Gasteiger partial charge in [-0.2, -0.15) is 0 Å². The molecule has 0 aliphatic rings. The number of carbonyl (C=O) groups is 1. The Balaban J connectivity index is 3.17. The molecule has 0 aliphatic heterocycles. The van der Waals surface area contributed by atoms with Crippen LogP contribution in [0.4, 0.5) is 4.79 Å². The van der Waals surface area contributed by atoms with Crippen LogP contribution in [0.25, 0.3) is 0 Å². The van der Waals surface area contributed by atoms with Gasteiger partial charge in [0, 0.05) is 11.6 Å². The second-order valence-electron chi connectivity index (χ2n) is 5.33. The molecule has 0 unspecified atom stereocenters. The molecule has 0 saturated carbocycles. The first-order valence-electron chi connectivity index (χ1n) is 6.44. The third kappa shape index (κ3) is 4.18. The van der Waals surface area contributed by atoms with E-state index >= 15 is 0 Å². The van der Waals surface area contributed by atoms with E-state index in [2.05, 4.69) is 0 Å². The van der Waals surface area contributed by atoms with Crippen molar-refractivity contribution in [1.82, 2.24) is 0 Å². The van der Waals surface area contributed by atoms with Crippen molar-refractivity contribution in [1.29, 1.82) is 0 Å². The lowest BCUT2D eigenvalue weighted by molar-refractivity contribution is 0.0200. The molecule has 0 spiro atoms. The topological polar surface area (TPSA) is 63.2 Å².